The van der Waals surface area contributed by atoms with Crippen molar-refractivity contribution >= 4 is 11.1 Å². The predicted octanol–water partition coefficient (Wildman–Crippen LogP) is 2.98. The molecule has 0 aliphatic rings. The molecule has 0 heterocycles. The molecule has 0 saturated carbocycles. The van der Waals surface area contributed by atoms with Crippen LogP contribution in [0.2, 0.25) is 0 Å². The molecule has 1 aromatic rings. The lowest BCUT2D eigenvalue weighted by Gasteiger charge is -2.25. The second-order valence-electron chi connectivity index (χ2n) is 4.97. The molecule has 16 heavy (non-hydrogen) atoms. The molecule has 0 aliphatic heterocycles. The SMILES string of the molecule is Cc1c(C(C)(C)C)cc(F)c(S(=O)[O-])c1C. The van der Waals surface area contributed by atoms with Crippen LogP contribution in [0, 0.1) is 19.7 Å². The van der Waals surface area contributed by atoms with Crippen molar-refractivity contribution in [2.24, 2.45) is 0 Å². The summed E-state index contributed by atoms with van der Waals surface area (Å²) in [4.78, 5) is -0.217. The molecule has 0 amide bonds. The van der Waals surface area contributed by atoms with Gasteiger partial charge in [-0.15, -0.1) is 0 Å². The second-order valence-corrected chi connectivity index (χ2v) is 5.85. The van der Waals surface area contributed by atoms with E-state index in [0.29, 0.717) is 5.56 Å². The van der Waals surface area contributed by atoms with Crippen LogP contribution < -0.4 is 0 Å². The zero-order valence-corrected chi connectivity index (χ0v) is 11.0. The van der Waals surface area contributed by atoms with Gasteiger partial charge in [0.15, 0.2) is 0 Å². The minimum absolute atomic E-state index is 0.196. The van der Waals surface area contributed by atoms with Crippen molar-refractivity contribution in [1.82, 2.24) is 0 Å². The molecule has 2 nitrogen and oxygen atoms in total. The van der Waals surface area contributed by atoms with Gasteiger partial charge in [-0.2, -0.15) is 0 Å². The van der Waals surface area contributed by atoms with E-state index in [1.165, 1.54) is 6.07 Å². The predicted molar refractivity (Wildman–Crippen MR) is 61.8 cm³/mol. The highest BCUT2D eigenvalue weighted by Gasteiger charge is 2.21. The molecule has 0 bridgehead atoms. The van der Waals surface area contributed by atoms with Gasteiger partial charge in [0.2, 0.25) is 0 Å². The maximum absolute atomic E-state index is 13.7. The van der Waals surface area contributed by atoms with Crippen molar-refractivity contribution in [1.29, 1.82) is 0 Å². The summed E-state index contributed by atoms with van der Waals surface area (Å²) in [5, 5.41) is 0. The number of rotatable bonds is 1. The van der Waals surface area contributed by atoms with E-state index in [-0.39, 0.29) is 10.3 Å². The van der Waals surface area contributed by atoms with Crippen LogP contribution in [-0.2, 0) is 16.5 Å². The first kappa shape index (κ1) is 13.3. The first-order chi connectivity index (χ1) is 7.16. The van der Waals surface area contributed by atoms with E-state index < -0.39 is 16.9 Å². The van der Waals surface area contributed by atoms with Crippen LogP contribution >= 0.6 is 0 Å². The molecule has 4 heteroatoms. The van der Waals surface area contributed by atoms with Gasteiger partial charge in [-0.3, -0.25) is 4.21 Å². The largest absolute Gasteiger partial charge is 0.768 e. The molecule has 0 N–H and O–H groups in total. The van der Waals surface area contributed by atoms with Crippen LogP contribution in [-0.4, -0.2) is 8.76 Å². The van der Waals surface area contributed by atoms with Gasteiger partial charge >= 0.3 is 0 Å². The van der Waals surface area contributed by atoms with Crippen molar-refractivity contribution in [3.8, 4) is 0 Å². The standard InChI is InChI=1S/C12H17FO2S/c1-7-8(2)11(16(14)15)10(13)6-9(7)12(3,4)5/h6H,1-5H3,(H,14,15)/p-1. The van der Waals surface area contributed by atoms with Crippen LogP contribution in [0.1, 0.15) is 37.5 Å². The van der Waals surface area contributed by atoms with Crippen molar-refractivity contribution in [3.63, 3.8) is 0 Å². The molecular weight excluding hydrogens is 227 g/mol. The fourth-order valence-corrected chi connectivity index (χ4v) is 2.46. The summed E-state index contributed by atoms with van der Waals surface area (Å²) in [7, 11) is 0. The average Bonchev–Trinajstić information content (AvgIpc) is 2.09. The quantitative estimate of drug-likeness (QED) is 0.711. The van der Waals surface area contributed by atoms with E-state index in [1.54, 1.807) is 6.92 Å². The zero-order valence-electron chi connectivity index (χ0n) is 10.2. The Morgan fingerprint density at radius 2 is 1.75 bits per heavy atom. The van der Waals surface area contributed by atoms with Crippen molar-refractivity contribution < 1.29 is 13.2 Å². The average molecular weight is 243 g/mol. The minimum atomic E-state index is -2.52. The van der Waals surface area contributed by atoms with Gasteiger partial charge in [-0.25, -0.2) is 4.39 Å². The number of hydrogen-bond acceptors (Lipinski definition) is 2. The number of benzene rings is 1. The smallest absolute Gasteiger partial charge is 0.138 e. The lowest BCUT2D eigenvalue weighted by molar-refractivity contribution is 0.515. The van der Waals surface area contributed by atoms with Crippen LogP contribution in [0.3, 0.4) is 0 Å². The van der Waals surface area contributed by atoms with Crippen LogP contribution in [0.5, 0.6) is 0 Å². The van der Waals surface area contributed by atoms with E-state index in [4.69, 9.17) is 0 Å². The van der Waals surface area contributed by atoms with E-state index in [1.807, 2.05) is 27.7 Å². The van der Waals surface area contributed by atoms with Crippen molar-refractivity contribution in [2.45, 2.75) is 44.9 Å². The third-order valence-corrected chi connectivity index (χ3v) is 3.60. The minimum Gasteiger partial charge on any atom is -0.768 e. The molecule has 1 rings (SSSR count). The Morgan fingerprint density at radius 3 is 2.12 bits per heavy atom. The summed E-state index contributed by atoms with van der Waals surface area (Å²) in [5.41, 5.74) is 1.99. The van der Waals surface area contributed by atoms with Gasteiger partial charge in [0.05, 0.1) is 4.90 Å². The molecule has 0 aliphatic carbocycles. The Morgan fingerprint density at radius 1 is 1.25 bits per heavy atom. The topological polar surface area (TPSA) is 40.1 Å². The van der Waals surface area contributed by atoms with E-state index in [0.717, 1.165) is 11.1 Å². The van der Waals surface area contributed by atoms with Gasteiger partial charge in [0.1, 0.15) is 5.82 Å². The van der Waals surface area contributed by atoms with Crippen LogP contribution in [0.25, 0.3) is 0 Å². The van der Waals surface area contributed by atoms with Gasteiger partial charge in [-0.1, -0.05) is 20.8 Å². The molecule has 0 aromatic heterocycles. The Balaban J connectivity index is 3.58. The second kappa shape index (κ2) is 4.26. The zero-order chi connectivity index (χ0) is 12.7. The fourth-order valence-electron chi connectivity index (χ4n) is 1.84. The first-order valence-corrected chi connectivity index (χ1v) is 6.13. The summed E-state index contributed by atoms with van der Waals surface area (Å²) >= 11 is -2.52. The normalized spacial score (nSPS) is 13.9. The van der Waals surface area contributed by atoms with Gasteiger partial charge in [-0.05, 0) is 53.1 Å². The third-order valence-electron chi connectivity index (χ3n) is 2.77. The summed E-state index contributed by atoms with van der Waals surface area (Å²) < 4.78 is 35.5. The molecule has 1 atom stereocenters. The number of hydrogen-bond donors (Lipinski definition) is 0. The van der Waals surface area contributed by atoms with Crippen molar-refractivity contribution in [3.05, 3.63) is 28.6 Å². The highest BCUT2D eigenvalue weighted by molar-refractivity contribution is 7.79. The van der Waals surface area contributed by atoms with Gasteiger partial charge in [0, 0.05) is 0 Å². The third kappa shape index (κ3) is 2.33. The number of halogens is 1. The maximum atomic E-state index is 13.7. The Hall–Kier alpha value is -0.740. The monoisotopic (exact) mass is 243 g/mol. The van der Waals surface area contributed by atoms with E-state index in [2.05, 4.69) is 0 Å². The van der Waals surface area contributed by atoms with Gasteiger partial charge < -0.3 is 4.55 Å². The van der Waals surface area contributed by atoms with Crippen molar-refractivity contribution in [2.75, 3.05) is 0 Å². The summed E-state index contributed by atoms with van der Waals surface area (Å²) in [6, 6.07) is 1.33. The fraction of sp³-hybridized carbons (Fsp3) is 0.500. The molecule has 1 unspecified atom stereocenters. The Kier molecular flexibility index (Phi) is 3.55. The summed E-state index contributed by atoms with van der Waals surface area (Å²) in [6.07, 6.45) is 0. The molecule has 0 saturated heterocycles. The molecule has 0 fully saturated rings. The Bertz CT molecular complexity index is 447. The molecule has 0 radical (unpaired) electrons. The molecular formula is C12H16FO2S-. The molecule has 0 spiro atoms. The van der Waals surface area contributed by atoms with E-state index >= 15 is 0 Å². The van der Waals surface area contributed by atoms with Gasteiger partial charge in [0.25, 0.3) is 0 Å². The van der Waals surface area contributed by atoms with Crippen LogP contribution in [0.4, 0.5) is 4.39 Å². The lowest BCUT2D eigenvalue weighted by Crippen LogP contribution is -2.16. The first-order valence-electron chi connectivity index (χ1n) is 5.05. The maximum Gasteiger partial charge on any atom is 0.138 e. The molecule has 90 valence electrons. The highest BCUT2D eigenvalue weighted by atomic mass is 32.2. The van der Waals surface area contributed by atoms with Crippen LogP contribution in [0.15, 0.2) is 11.0 Å². The van der Waals surface area contributed by atoms with E-state index in [9.17, 15) is 13.2 Å². The summed E-state index contributed by atoms with van der Waals surface area (Å²) in [5.74, 6) is -0.665. The summed E-state index contributed by atoms with van der Waals surface area (Å²) in [6.45, 7) is 9.39. The lowest BCUT2D eigenvalue weighted by atomic mass is 9.82. The molecule has 1 aromatic carbocycles. The highest BCUT2D eigenvalue weighted by Crippen LogP contribution is 2.31. The Labute approximate surface area is 98.2 Å².